The van der Waals surface area contributed by atoms with E-state index in [4.69, 9.17) is 0 Å². The molecule has 1 heteroatoms. The molecule has 0 saturated carbocycles. The predicted molar refractivity (Wildman–Crippen MR) is 111 cm³/mol. The lowest BCUT2D eigenvalue weighted by atomic mass is 9.92. The highest BCUT2D eigenvalue weighted by atomic mass is 32.2. The van der Waals surface area contributed by atoms with Crippen molar-refractivity contribution in [2.24, 2.45) is 11.8 Å². The molecule has 0 atom stereocenters. The minimum absolute atomic E-state index is 0.861. The zero-order chi connectivity index (χ0) is 18.0. The molecule has 0 aromatic heterocycles. The molecule has 0 nitrogen and oxygen atoms in total. The standard InChI is InChI=1S/C14H28.C5H12S.C2H6/c1-6-9-10-12(4)13(5)11-14(7-2)8-3;1-5(2)4-6-3;1-2/h14H,6-11H2,1-5H3;5H,4H2,1-3H3;1-2H3/b13-12+;;. The fraction of sp³-hybridized carbons (Fsp3) is 0.905. The van der Waals surface area contributed by atoms with Crippen molar-refractivity contribution in [3.63, 3.8) is 0 Å². The summed E-state index contributed by atoms with van der Waals surface area (Å²) in [5.41, 5.74) is 3.28. The lowest BCUT2D eigenvalue weighted by Crippen LogP contribution is -1.99. The van der Waals surface area contributed by atoms with E-state index in [2.05, 4.69) is 54.7 Å². The zero-order valence-electron chi connectivity index (χ0n) is 17.5. The van der Waals surface area contributed by atoms with Crippen LogP contribution < -0.4 is 0 Å². The second kappa shape index (κ2) is 21.1. The maximum absolute atomic E-state index is 2.32. The Kier molecular flexibility index (Phi) is 25.8. The van der Waals surface area contributed by atoms with E-state index in [-0.39, 0.29) is 0 Å². The highest BCUT2D eigenvalue weighted by Crippen LogP contribution is 2.22. The summed E-state index contributed by atoms with van der Waals surface area (Å²) in [5.74, 6) is 3.06. The van der Waals surface area contributed by atoms with E-state index in [1.54, 1.807) is 11.1 Å². The first-order valence-corrected chi connectivity index (χ1v) is 11.0. The van der Waals surface area contributed by atoms with Gasteiger partial charge in [0.05, 0.1) is 0 Å². The van der Waals surface area contributed by atoms with Gasteiger partial charge >= 0.3 is 0 Å². The fourth-order valence-corrected chi connectivity index (χ4v) is 2.84. The molecule has 0 fully saturated rings. The van der Waals surface area contributed by atoms with E-state index in [0.717, 1.165) is 11.8 Å². The van der Waals surface area contributed by atoms with E-state index in [1.165, 1.54) is 44.3 Å². The quantitative estimate of drug-likeness (QED) is 0.382. The molecule has 0 aromatic rings. The van der Waals surface area contributed by atoms with Gasteiger partial charge in [0, 0.05) is 0 Å². The smallest absolute Gasteiger partial charge is 0.00472 e. The molecule has 0 aliphatic heterocycles. The van der Waals surface area contributed by atoms with Gasteiger partial charge in [0.2, 0.25) is 0 Å². The van der Waals surface area contributed by atoms with E-state index in [0.29, 0.717) is 0 Å². The molecular formula is C21H46S. The van der Waals surface area contributed by atoms with Crippen LogP contribution in [0.2, 0.25) is 0 Å². The molecule has 0 aliphatic rings. The second-order valence-corrected chi connectivity index (χ2v) is 7.31. The second-order valence-electron chi connectivity index (χ2n) is 6.40. The first-order chi connectivity index (χ1) is 10.4. The van der Waals surface area contributed by atoms with Gasteiger partial charge in [0.1, 0.15) is 0 Å². The number of allylic oxidation sites excluding steroid dienone is 2. The van der Waals surface area contributed by atoms with E-state index >= 15 is 0 Å². The summed E-state index contributed by atoms with van der Waals surface area (Å²) in [7, 11) is 0. The van der Waals surface area contributed by atoms with Crippen molar-refractivity contribution in [1.82, 2.24) is 0 Å². The molecule has 0 aliphatic carbocycles. The Morgan fingerprint density at radius 1 is 0.909 bits per heavy atom. The van der Waals surface area contributed by atoms with Gasteiger partial charge in [-0.2, -0.15) is 11.8 Å². The third-order valence-electron chi connectivity index (χ3n) is 3.88. The molecule has 136 valence electrons. The van der Waals surface area contributed by atoms with Crippen LogP contribution in [-0.4, -0.2) is 12.0 Å². The summed E-state index contributed by atoms with van der Waals surface area (Å²) < 4.78 is 0. The molecule has 0 aromatic carbocycles. The summed E-state index contributed by atoms with van der Waals surface area (Å²) in [6, 6.07) is 0. The van der Waals surface area contributed by atoms with Crippen LogP contribution in [0, 0.1) is 11.8 Å². The minimum Gasteiger partial charge on any atom is -0.165 e. The third kappa shape index (κ3) is 20.1. The summed E-state index contributed by atoms with van der Waals surface area (Å²) in [6.45, 7) is 20.0. The van der Waals surface area contributed by atoms with E-state index < -0.39 is 0 Å². The average Bonchev–Trinajstić information content (AvgIpc) is 2.52. The molecule has 0 heterocycles. The zero-order valence-corrected chi connectivity index (χ0v) is 18.3. The monoisotopic (exact) mass is 330 g/mol. The van der Waals surface area contributed by atoms with Crippen LogP contribution in [-0.2, 0) is 0 Å². The van der Waals surface area contributed by atoms with Crippen molar-refractivity contribution >= 4 is 11.8 Å². The van der Waals surface area contributed by atoms with Gasteiger partial charge in [0.25, 0.3) is 0 Å². The molecule has 0 radical (unpaired) electrons. The van der Waals surface area contributed by atoms with Crippen LogP contribution in [0.3, 0.4) is 0 Å². The van der Waals surface area contributed by atoms with Gasteiger partial charge in [-0.05, 0) is 57.0 Å². The van der Waals surface area contributed by atoms with Crippen LogP contribution in [0.15, 0.2) is 11.1 Å². The molecule has 0 amide bonds. The van der Waals surface area contributed by atoms with Crippen LogP contribution >= 0.6 is 11.8 Å². The predicted octanol–water partition coefficient (Wildman–Crippen LogP) is 8.37. The third-order valence-corrected chi connectivity index (χ3v) is 4.88. The number of hydrogen-bond acceptors (Lipinski definition) is 1. The summed E-state index contributed by atoms with van der Waals surface area (Å²) in [5, 5.41) is 0. The normalized spacial score (nSPS) is 11.5. The van der Waals surface area contributed by atoms with Crippen molar-refractivity contribution in [3.8, 4) is 0 Å². The Labute approximate surface area is 147 Å². The van der Waals surface area contributed by atoms with Crippen LogP contribution in [0.4, 0.5) is 0 Å². The minimum atomic E-state index is 0.861. The first-order valence-electron chi connectivity index (χ1n) is 9.56. The average molecular weight is 331 g/mol. The van der Waals surface area contributed by atoms with Crippen LogP contribution in [0.5, 0.6) is 0 Å². The SMILES string of the molecule is CC.CCCC/C(C)=C(\C)CC(CC)CC.CSCC(C)C. The summed E-state index contributed by atoms with van der Waals surface area (Å²) in [4.78, 5) is 0. The van der Waals surface area contributed by atoms with Crippen molar-refractivity contribution in [2.75, 3.05) is 12.0 Å². The molecule has 0 saturated heterocycles. The topological polar surface area (TPSA) is 0 Å². The highest BCUT2D eigenvalue weighted by molar-refractivity contribution is 7.98. The maximum atomic E-state index is 2.32. The molecule has 0 rings (SSSR count). The van der Waals surface area contributed by atoms with Crippen molar-refractivity contribution in [3.05, 3.63) is 11.1 Å². The first kappa shape index (κ1) is 27.0. The van der Waals surface area contributed by atoms with Crippen LogP contribution in [0.25, 0.3) is 0 Å². The Morgan fingerprint density at radius 3 is 1.68 bits per heavy atom. The Morgan fingerprint density at radius 2 is 1.41 bits per heavy atom. The van der Waals surface area contributed by atoms with Gasteiger partial charge in [-0.25, -0.2) is 0 Å². The van der Waals surface area contributed by atoms with E-state index in [9.17, 15) is 0 Å². The van der Waals surface area contributed by atoms with Gasteiger partial charge in [-0.15, -0.1) is 0 Å². The van der Waals surface area contributed by atoms with Crippen LogP contribution in [0.1, 0.15) is 101 Å². The van der Waals surface area contributed by atoms with E-state index in [1.807, 2.05) is 25.6 Å². The highest BCUT2D eigenvalue weighted by Gasteiger charge is 2.05. The Balaban J connectivity index is -0.000000378. The lowest BCUT2D eigenvalue weighted by Gasteiger charge is -2.14. The molecular weight excluding hydrogens is 284 g/mol. The van der Waals surface area contributed by atoms with Crippen molar-refractivity contribution < 1.29 is 0 Å². The van der Waals surface area contributed by atoms with Gasteiger partial charge in [0.15, 0.2) is 0 Å². The molecule has 0 bridgehead atoms. The molecule has 0 unspecified atom stereocenters. The molecule has 0 spiro atoms. The fourth-order valence-electron chi connectivity index (χ4n) is 2.17. The number of rotatable bonds is 9. The number of thioether (sulfide) groups is 1. The van der Waals surface area contributed by atoms with Gasteiger partial charge in [-0.3, -0.25) is 0 Å². The number of unbranched alkanes of at least 4 members (excludes halogenated alkanes) is 1. The Bertz CT molecular complexity index is 224. The number of hydrogen-bond donors (Lipinski definition) is 0. The van der Waals surface area contributed by atoms with Crippen molar-refractivity contribution in [1.29, 1.82) is 0 Å². The summed E-state index contributed by atoms with van der Waals surface area (Å²) in [6.07, 6.45) is 10.1. The molecule has 22 heavy (non-hydrogen) atoms. The summed E-state index contributed by atoms with van der Waals surface area (Å²) >= 11 is 1.91. The lowest BCUT2D eigenvalue weighted by molar-refractivity contribution is 0.486. The maximum Gasteiger partial charge on any atom is -0.00472 e. The van der Waals surface area contributed by atoms with Gasteiger partial charge in [-0.1, -0.05) is 78.9 Å². The van der Waals surface area contributed by atoms with Gasteiger partial charge < -0.3 is 0 Å². The van der Waals surface area contributed by atoms with Crippen molar-refractivity contribution in [2.45, 2.75) is 101 Å². The largest absolute Gasteiger partial charge is 0.165 e. The molecule has 0 N–H and O–H groups in total. The Hall–Kier alpha value is 0.0900.